The van der Waals surface area contributed by atoms with Gasteiger partial charge in [-0.1, -0.05) is 11.6 Å². The molecule has 1 N–H and O–H groups in total. The number of carboxylic acids is 1. The summed E-state index contributed by atoms with van der Waals surface area (Å²) < 4.78 is 19.0. The molecule has 100 valence electrons. The van der Waals surface area contributed by atoms with Gasteiger partial charge in [0.15, 0.2) is 0 Å². The number of carbonyl (C=O) groups is 1. The Kier molecular flexibility index (Phi) is 2.95. The molecule has 0 saturated heterocycles. The van der Waals surface area contributed by atoms with E-state index in [0.29, 0.717) is 21.9 Å². The number of furan rings is 1. The van der Waals surface area contributed by atoms with E-state index >= 15 is 0 Å². The zero-order valence-corrected chi connectivity index (χ0v) is 10.8. The van der Waals surface area contributed by atoms with Crippen LogP contribution in [-0.2, 0) is 0 Å². The van der Waals surface area contributed by atoms with E-state index in [9.17, 15) is 9.18 Å². The second-order valence-corrected chi connectivity index (χ2v) is 4.76. The highest BCUT2D eigenvalue weighted by Crippen LogP contribution is 2.30. The molecule has 3 aromatic rings. The van der Waals surface area contributed by atoms with Gasteiger partial charge in [0.2, 0.25) is 0 Å². The van der Waals surface area contributed by atoms with Crippen LogP contribution in [0.25, 0.3) is 22.3 Å². The van der Waals surface area contributed by atoms with Gasteiger partial charge < -0.3 is 9.52 Å². The lowest BCUT2D eigenvalue weighted by atomic mass is 10.1. The van der Waals surface area contributed by atoms with Crippen molar-refractivity contribution in [3.05, 3.63) is 58.9 Å². The Labute approximate surface area is 118 Å². The van der Waals surface area contributed by atoms with Gasteiger partial charge in [0.25, 0.3) is 0 Å². The fourth-order valence-corrected chi connectivity index (χ4v) is 2.19. The lowest BCUT2D eigenvalue weighted by molar-refractivity contribution is 0.0696. The van der Waals surface area contributed by atoms with E-state index in [-0.39, 0.29) is 5.56 Å². The highest BCUT2D eigenvalue weighted by molar-refractivity contribution is 6.31. The SMILES string of the molecule is O=C(O)c1cc(F)cc(-c2cc3cc(Cl)ccc3o2)c1. The molecule has 2 aromatic carbocycles. The third kappa shape index (κ3) is 2.26. The Morgan fingerprint density at radius 2 is 1.95 bits per heavy atom. The van der Waals surface area contributed by atoms with Crippen molar-refractivity contribution < 1.29 is 18.7 Å². The summed E-state index contributed by atoms with van der Waals surface area (Å²) in [5.41, 5.74) is 0.846. The summed E-state index contributed by atoms with van der Waals surface area (Å²) in [6.45, 7) is 0. The number of hydrogen-bond donors (Lipinski definition) is 1. The molecule has 0 amide bonds. The van der Waals surface area contributed by atoms with Crippen LogP contribution in [0.3, 0.4) is 0 Å². The molecule has 3 nitrogen and oxygen atoms in total. The summed E-state index contributed by atoms with van der Waals surface area (Å²) in [5, 5.41) is 10.3. The van der Waals surface area contributed by atoms with Crippen LogP contribution in [0.2, 0.25) is 5.02 Å². The first kappa shape index (κ1) is 12.7. The minimum atomic E-state index is -1.19. The van der Waals surface area contributed by atoms with Crippen LogP contribution in [0.1, 0.15) is 10.4 Å². The van der Waals surface area contributed by atoms with Crippen molar-refractivity contribution in [2.24, 2.45) is 0 Å². The van der Waals surface area contributed by atoms with E-state index < -0.39 is 11.8 Å². The topological polar surface area (TPSA) is 50.4 Å². The van der Waals surface area contributed by atoms with Crippen LogP contribution < -0.4 is 0 Å². The molecule has 1 aromatic heterocycles. The van der Waals surface area contributed by atoms with E-state index in [1.165, 1.54) is 12.1 Å². The van der Waals surface area contributed by atoms with Crippen molar-refractivity contribution in [2.45, 2.75) is 0 Å². The quantitative estimate of drug-likeness (QED) is 0.751. The molecule has 0 spiro atoms. The Balaban J connectivity index is 2.17. The van der Waals surface area contributed by atoms with E-state index in [4.69, 9.17) is 21.1 Å². The molecule has 0 aliphatic rings. The summed E-state index contributed by atoms with van der Waals surface area (Å²) in [4.78, 5) is 10.9. The highest BCUT2D eigenvalue weighted by Gasteiger charge is 2.12. The zero-order valence-electron chi connectivity index (χ0n) is 10.1. The predicted molar refractivity (Wildman–Crippen MR) is 73.6 cm³/mol. The second kappa shape index (κ2) is 4.65. The van der Waals surface area contributed by atoms with E-state index in [2.05, 4.69) is 0 Å². The smallest absolute Gasteiger partial charge is 0.335 e. The maximum absolute atomic E-state index is 13.5. The molecule has 3 rings (SSSR count). The monoisotopic (exact) mass is 290 g/mol. The lowest BCUT2D eigenvalue weighted by Crippen LogP contribution is -1.97. The van der Waals surface area contributed by atoms with Gasteiger partial charge in [-0.05, 0) is 42.5 Å². The summed E-state index contributed by atoms with van der Waals surface area (Å²) in [6.07, 6.45) is 0. The molecule has 1 heterocycles. The minimum Gasteiger partial charge on any atom is -0.478 e. The maximum atomic E-state index is 13.5. The Morgan fingerprint density at radius 1 is 1.15 bits per heavy atom. The molecule has 0 bridgehead atoms. The molecule has 0 fully saturated rings. The number of carboxylic acid groups (broad SMARTS) is 1. The van der Waals surface area contributed by atoms with Crippen LogP contribution in [0.4, 0.5) is 4.39 Å². The summed E-state index contributed by atoms with van der Waals surface area (Å²) in [6, 6.07) is 10.4. The molecule has 0 aliphatic heterocycles. The van der Waals surface area contributed by atoms with E-state index in [1.54, 1.807) is 24.3 Å². The minimum absolute atomic E-state index is 0.126. The Bertz CT molecular complexity index is 823. The van der Waals surface area contributed by atoms with E-state index in [1.807, 2.05) is 0 Å². The largest absolute Gasteiger partial charge is 0.478 e. The first-order valence-electron chi connectivity index (χ1n) is 5.76. The van der Waals surface area contributed by atoms with Crippen molar-refractivity contribution >= 4 is 28.5 Å². The Hall–Kier alpha value is -2.33. The molecule has 0 unspecified atom stereocenters. The van der Waals surface area contributed by atoms with Gasteiger partial charge in [-0.3, -0.25) is 0 Å². The normalized spacial score (nSPS) is 10.9. The third-order valence-corrected chi connectivity index (χ3v) is 3.14. The first-order chi connectivity index (χ1) is 9.52. The first-order valence-corrected chi connectivity index (χ1v) is 6.14. The average Bonchev–Trinajstić information content (AvgIpc) is 2.80. The lowest BCUT2D eigenvalue weighted by Gasteiger charge is -2.00. The maximum Gasteiger partial charge on any atom is 0.335 e. The molecular formula is C15H8ClFO3. The number of aromatic carboxylic acids is 1. The van der Waals surface area contributed by atoms with Gasteiger partial charge in [0.05, 0.1) is 5.56 Å². The van der Waals surface area contributed by atoms with Crippen LogP contribution in [0.5, 0.6) is 0 Å². The fourth-order valence-electron chi connectivity index (χ4n) is 2.01. The summed E-state index contributed by atoms with van der Waals surface area (Å²) in [5.74, 6) is -1.42. The van der Waals surface area contributed by atoms with E-state index in [0.717, 1.165) is 11.5 Å². The van der Waals surface area contributed by atoms with Crippen LogP contribution in [0.15, 0.2) is 46.9 Å². The number of halogens is 2. The molecule has 0 saturated carbocycles. The average molecular weight is 291 g/mol. The fraction of sp³-hybridized carbons (Fsp3) is 0. The van der Waals surface area contributed by atoms with Gasteiger partial charge in [0, 0.05) is 16.0 Å². The summed E-state index contributed by atoms with van der Waals surface area (Å²) in [7, 11) is 0. The second-order valence-electron chi connectivity index (χ2n) is 4.33. The predicted octanol–water partition coefficient (Wildman–Crippen LogP) is 4.59. The Morgan fingerprint density at radius 3 is 2.70 bits per heavy atom. The molecular weight excluding hydrogens is 283 g/mol. The van der Waals surface area contributed by atoms with Crippen LogP contribution in [-0.4, -0.2) is 11.1 Å². The van der Waals surface area contributed by atoms with Gasteiger partial charge in [-0.2, -0.15) is 0 Å². The van der Waals surface area contributed by atoms with Crippen molar-refractivity contribution in [3.63, 3.8) is 0 Å². The highest BCUT2D eigenvalue weighted by atomic mass is 35.5. The zero-order chi connectivity index (χ0) is 14.3. The van der Waals surface area contributed by atoms with Crippen LogP contribution >= 0.6 is 11.6 Å². The van der Waals surface area contributed by atoms with Gasteiger partial charge >= 0.3 is 5.97 Å². The molecule has 0 atom stereocenters. The number of hydrogen-bond acceptors (Lipinski definition) is 2. The molecule has 5 heteroatoms. The van der Waals surface area contributed by atoms with Crippen molar-refractivity contribution in [2.75, 3.05) is 0 Å². The van der Waals surface area contributed by atoms with Crippen LogP contribution in [0, 0.1) is 5.82 Å². The molecule has 0 aliphatic carbocycles. The van der Waals surface area contributed by atoms with Gasteiger partial charge in [-0.15, -0.1) is 0 Å². The standard InChI is InChI=1S/C15H8ClFO3/c16-11-1-2-13-9(4-11)7-14(20-13)8-3-10(15(18)19)6-12(17)5-8/h1-7H,(H,18,19). The molecule has 20 heavy (non-hydrogen) atoms. The van der Waals surface area contributed by atoms with Crippen molar-refractivity contribution in [1.29, 1.82) is 0 Å². The van der Waals surface area contributed by atoms with Gasteiger partial charge in [-0.25, -0.2) is 9.18 Å². The van der Waals surface area contributed by atoms with Crippen molar-refractivity contribution in [1.82, 2.24) is 0 Å². The van der Waals surface area contributed by atoms with Gasteiger partial charge in [0.1, 0.15) is 17.2 Å². The molecule has 0 radical (unpaired) electrons. The number of benzene rings is 2. The third-order valence-electron chi connectivity index (χ3n) is 2.91. The number of rotatable bonds is 2. The van der Waals surface area contributed by atoms with Crippen molar-refractivity contribution in [3.8, 4) is 11.3 Å². The number of fused-ring (bicyclic) bond motifs is 1. The summed E-state index contributed by atoms with van der Waals surface area (Å²) >= 11 is 5.89.